The molecule has 1 amide bonds. The molecule has 0 radical (unpaired) electrons. The van der Waals surface area contributed by atoms with Crippen LogP contribution in [-0.2, 0) is 22.5 Å². The Morgan fingerprint density at radius 2 is 2.14 bits per heavy atom. The quantitative estimate of drug-likeness (QED) is 0.835. The topological polar surface area (TPSA) is 93.5 Å². The van der Waals surface area contributed by atoms with Gasteiger partial charge in [-0.3, -0.25) is 0 Å². The van der Waals surface area contributed by atoms with E-state index in [1.54, 1.807) is 33.2 Å². The molecule has 0 aromatic carbocycles. The van der Waals surface area contributed by atoms with Crippen molar-refractivity contribution in [1.82, 2.24) is 14.9 Å². The molecule has 1 heterocycles. The lowest BCUT2D eigenvalue weighted by Gasteiger charge is -2.22. The number of carbonyl (C=O) groups is 2. The molecule has 0 aliphatic heterocycles. The van der Waals surface area contributed by atoms with Crippen molar-refractivity contribution >= 4 is 12.1 Å². The molecule has 1 unspecified atom stereocenters. The van der Waals surface area contributed by atoms with Gasteiger partial charge < -0.3 is 19.7 Å². The molecule has 7 nitrogen and oxygen atoms in total. The highest BCUT2D eigenvalue weighted by Crippen LogP contribution is 2.08. The van der Waals surface area contributed by atoms with E-state index in [2.05, 4.69) is 10.3 Å². The van der Waals surface area contributed by atoms with Crippen LogP contribution in [0.4, 0.5) is 4.79 Å². The van der Waals surface area contributed by atoms with E-state index in [1.807, 2.05) is 11.5 Å². The van der Waals surface area contributed by atoms with E-state index in [1.165, 1.54) is 0 Å². The molecule has 1 aromatic heterocycles. The van der Waals surface area contributed by atoms with Gasteiger partial charge in [0, 0.05) is 25.4 Å². The van der Waals surface area contributed by atoms with Crippen LogP contribution in [0.2, 0.25) is 0 Å². The van der Waals surface area contributed by atoms with Crippen molar-refractivity contribution < 1.29 is 19.4 Å². The lowest BCUT2D eigenvalue weighted by molar-refractivity contribution is -0.139. The number of nitrogens with one attached hydrogen (secondary N) is 1. The number of aliphatic carboxylic acids is 1. The second-order valence-electron chi connectivity index (χ2n) is 5.78. The van der Waals surface area contributed by atoms with Crippen LogP contribution in [0.25, 0.3) is 0 Å². The fourth-order valence-corrected chi connectivity index (χ4v) is 1.81. The van der Waals surface area contributed by atoms with Gasteiger partial charge in [0.15, 0.2) is 0 Å². The van der Waals surface area contributed by atoms with Crippen molar-refractivity contribution in [2.45, 2.75) is 58.7 Å². The molecular formula is C14H23N3O4. The number of carbonyl (C=O) groups excluding carboxylic acids is 1. The van der Waals surface area contributed by atoms with Gasteiger partial charge >= 0.3 is 12.1 Å². The summed E-state index contributed by atoms with van der Waals surface area (Å²) in [6, 6.07) is -1.07. The zero-order valence-corrected chi connectivity index (χ0v) is 12.9. The molecule has 1 aromatic rings. The maximum atomic E-state index is 11.7. The Hall–Kier alpha value is -2.05. The van der Waals surface area contributed by atoms with Crippen molar-refractivity contribution in [3.05, 3.63) is 18.2 Å². The van der Waals surface area contributed by atoms with E-state index < -0.39 is 23.7 Å². The Bertz CT molecular complexity index is 491. The Labute approximate surface area is 124 Å². The molecular weight excluding hydrogens is 274 g/mol. The summed E-state index contributed by atoms with van der Waals surface area (Å²) in [6.07, 6.45) is 3.70. The number of ether oxygens (including phenoxy) is 1. The third kappa shape index (κ3) is 5.85. The van der Waals surface area contributed by atoms with Crippen LogP contribution in [0.5, 0.6) is 0 Å². The molecule has 1 rings (SSSR count). The minimum Gasteiger partial charge on any atom is -0.480 e. The largest absolute Gasteiger partial charge is 0.480 e. The highest BCUT2D eigenvalue weighted by Gasteiger charge is 2.25. The van der Waals surface area contributed by atoms with Crippen LogP contribution in [0.1, 0.15) is 39.9 Å². The standard InChI is InChI=1S/C14H23N3O4/c1-5-7-17-8-6-15-11(17)9-10(12(18)19)16-13(20)21-14(2,3)4/h6,8,10H,5,7,9H2,1-4H3,(H,16,20)(H,18,19). The van der Waals surface area contributed by atoms with Gasteiger partial charge in [0.2, 0.25) is 0 Å². The minimum absolute atomic E-state index is 0.113. The summed E-state index contributed by atoms with van der Waals surface area (Å²) >= 11 is 0. The molecule has 0 bridgehead atoms. The van der Waals surface area contributed by atoms with Gasteiger partial charge in [0.05, 0.1) is 0 Å². The zero-order chi connectivity index (χ0) is 16.0. The number of hydrogen-bond acceptors (Lipinski definition) is 4. The van der Waals surface area contributed by atoms with E-state index in [0.29, 0.717) is 5.82 Å². The molecule has 21 heavy (non-hydrogen) atoms. The average molecular weight is 297 g/mol. The average Bonchev–Trinajstić information content (AvgIpc) is 2.73. The lowest BCUT2D eigenvalue weighted by Crippen LogP contribution is -2.45. The first-order valence-electron chi connectivity index (χ1n) is 6.95. The highest BCUT2D eigenvalue weighted by molar-refractivity contribution is 5.80. The van der Waals surface area contributed by atoms with Crippen LogP contribution in [0.3, 0.4) is 0 Å². The minimum atomic E-state index is -1.12. The van der Waals surface area contributed by atoms with E-state index >= 15 is 0 Å². The number of nitrogens with zero attached hydrogens (tertiary/aromatic N) is 2. The number of carboxylic acids is 1. The normalized spacial score (nSPS) is 12.8. The Morgan fingerprint density at radius 1 is 1.48 bits per heavy atom. The van der Waals surface area contributed by atoms with Gasteiger partial charge in [-0.2, -0.15) is 0 Å². The van der Waals surface area contributed by atoms with Crippen molar-refractivity contribution in [3.8, 4) is 0 Å². The lowest BCUT2D eigenvalue weighted by atomic mass is 10.2. The first-order chi connectivity index (χ1) is 9.73. The number of rotatable bonds is 6. The van der Waals surface area contributed by atoms with Gasteiger partial charge in [0.1, 0.15) is 17.5 Å². The molecule has 0 spiro atoms. The van der Waals surface area contributed by atoms with Crippen LogP contribution in [0, 0.1) is 0 Å². The van der Waals surface area contributed by atoms with Crippen molar-refractivity contribution in [3.63, 3.8) is 0 Å². The van der Waals surface area contributed by atoms with Crippen LogP contribution in [0.15, 0.2) is 12.4 Å². The smallest absolute Gasteiger partial charge is 0.408 e. The monoisotopic (exact) mass is 297 g/mol. The third-order valence-corrected chi connectivity index (χ3v) is 2.64. The number of aromatic nitrogens is 2. The molecule has 7 heteroatoms. The summed E-state index contributed by atoms with van der Waals surface area (Å²) < 4.78 is 6.96. The molecule has 2 N–H and O–H groups in total. The maximum Gasteiger partial charge on any atom is 0.408 e. The van der Waals surface area contributed by atoms with Gasteiger partial charge in [-0.1, -0.05) is 6.92 Å². The second kappa shape index (κ2) is 7.10. The summed E-state index contributed by atoms with van der Waals surface area (Å²) in [5.41, 5.74) is -0.673. The summed E-state index contributed by atoms with van der Waals surface area (Å²) in [6.45, 7) is 7.94. The van der Waals surface area contributed by atoms with Gasteiger partial charge in [0.25, 0.3) is 0 Å². The Balaban J connectivity index is 2.72. The fraction of sp³-hybridized carbons (Fsp3) is 0.643. The maximum absolute atomic E-state index is 11.7. The predicted octanol–water partition coefficient (Wildman–Crippen LogP) is 1.81. The molecule has 0 aliphatic carbocycles. The number of imidazole rings is 1. The van der Waals surface area contributed by atoms with Crippen LogP contribution >= 0.6 is 0 Å². The summed E-state index contributed by atoms with van der Waals surface area (Å²) in [5, 5.41) is 11.6. The summed E-state index contributed by atoms with van der Waals surface area (Å²) in [4.78, 5) is 27.1. The summed E-state index contributed by atoms with van der Waals surface area (Å²) in [5.74, 6) is -0.493. The molecule has 1 atom stereocenters. The molecule has 118 valence electrons. The van der Waals surface area contributed by atoms with Crippen molar-refractivity contribution in [2.75, 3.05) is 0 Å². The number of carboxylic acid groups (broad SMARTS) is 1. The zero-order valence-electron chi connectivity index (χ0n) is 12.9. The first kappa shape index (κ1) is 17.0. The van der Waals surface area contributed by atoms with E-state index in [4.69, 9.17) is 4.74 Å². The summed E-state index contributed by atoms with van der Waals surface area (Å²) in [7, 11) is 0. The number of aryl methyl sites for hydroxylation is 1. The van der Waals surface area contributed by atoms with E-state index in [0.717, 1.165) is 13.0 Å². The van der Waals surface area contributed by atoms with E-state index in [9.17, 15) is 14.7 Å². The first-order valence-corrected chi connectivity index (χ1v) is 6.95. The number of alkyl carbamates (subject to hydrolysis) is 1. The van der Waals surface area contributed by atoms with Gasteiger partial charge in [-0.25, -0.2) is 14.6 Å². The van der Waals surface area contributed by atoms with Crippen LogP contribution < -0.4 is 5.32 Å². The molecule has 0 aliphatic rings. The van der Waals surface area contributed by atoms with Crippen molar-refractivity contribution in [1.29, 1.82) is 0 Å². The van der Waals surface area contributed by atoms with E-state index in [-0.39, 0.29) is 6.42 Å². The highest BCUT2D eigenvalue weighted by atomic mass is 16.6. The molecule has 0 saturated heterocycles. The molecule has 0 saturated carbocycles. The molecule has 0 fully saturated rings. The second-order valence-corrected chi connectivity index (χ2v) is 5.78. The van der Waals surface area contributed by atoms with Gasteiger partial charge in [-0.15, -0.1) is 0 Å². The van der Waals surface area contributed by atoms with Gasteiger partial charge in [-0.05, 0) is 27.2 Å². The Morgan fingerprint density at radius 3 is 2.67 bits per heavy atom. The number of amides is 1. The SMILES string of the molecule is CCCn1ccnc1CC(NC(=O)OC(C)(C)C)C(=O)O. The fourth-order valence-electron chi connectivity index (χ4n) is 1.81. The predicted molar refractivity (Wildman–Crippen MR) is 77.0 cm³/mol. The van der Waals surface area contributed by atoms with Crippen molar-refractivity contribution in [2.24, 2.45) is 0 Å². The third-order valence-electron chi connectivity index (χ3n) is 2.64. The van der Waals surface area contributed by atoms with Crippen LogP contribution in [-0.4, -0.2) is 38.4 Å². The Kier molecular flexibility index (Phi) is 5.75. The number of hydrogen-bond donors (Lipinski definition) is 2.